The number of amides is 1. The highest BCUT2D eigenvalue weighted by molar-refractivity contribution is 14.0. The van der Waals surface area contributed by atoms with Gasteiger partial charge in [0, 0.05) is 37.1 Å². The first kappa shape index (κ1) is 22.9. The smallest absolute Gasteiger partial charge is 0.246 e. The molecule has 1 saturated heterocycles. The van der Waals surface area contributed by atoms with E-state index in [4.69, 9.17) is 0 Å². The second-order valence-corrected chi connectivity index (χ2v) is 6.66. The molecule has 0 bridgehead atoms. The summed E-state index contributed by atoms with van der Waals surface area (Å²) in [5, 5.41) is 9.30. The summed E-state index contributed by atoms with van der Waals surface area (Å²) in [6.45, 7) is 4.55. The van der Waals surface area contributed by atoms with Crippen LogP contribution in [0.4, 0.5) is 15.8 Å². The number of para-hydroxylation sites is 1. The third-order valence-corrected chi connectivity index (χ3v) is 4.50. The van der Waals surface area contributed by atoms with Crippen molar-refractivity contribution in [3.8, 4) is 0 Å². The third-order valence-electron chi connectivity index (χ3n) is 4.50. The lowest BCUT2D eigenvalue weighted by Crippen LogP contribution is -2.45. The van der Waals surface area contributed by atoms with E-state index in [1.54, 1.807) is 0 Å². The van der Waals surface area contributed by atoms with E-state index in [0.29, 0.717) is 18.2 Å². The molecular formula is C21H27FIN5O. The van der Waals surface area contributed by atoms with E-state index in [1.807, 2.05) is 25.1 Å². The van der Waals surface area contributed by atoms with Crippen molar-refractivity contribution in [1.82, 2.24) is 10.6 Å². The van der Waals surface area contributed by atoms with E-state index in [1.165, 1.54) is 30.0 Å². The Kier molecular flexibility index (Phi) is 9.17. The number of carbonyl (C=O) groups is 1. The fourth-order valence-corrected chi connectivity index (χ4v) is 3.15. The summed E-state index contributed by atoms with van der Waals surface area (Å²) >= 11 is 0. The quantitative estimate of drug-likeness (QED) is 0.317. The summed E-state index contributed by atoms with van der Waals surface area (Å²) in [5.74, 6) is 0.0357. The standard InChI is InChI=1S/C21H26FN5O.HI/c1-2-23-21(24-14-20(28)25-17-10-8-16(22)9-11-17)26-18-12-13-27(15-18)19-6-4-3-5-7-19;/h3-11,18H,2,12-15H2,1H3,(H,25,28)(H2,23,24,26);1H. The van der Waals surface area contributed by atoms with Gasteiger partial charge in [-0.05, 0) is 49.7 Å². The van der Waals surface area contributed by atoms with Crippen molar-refractivity contribution < 1.29 is 9.18 Å². The molecule has 156 valence electrons. The van der Waals surface area contributed by atoms with Crippen molar-refractivity contribution in [3.05, 3.63) is 60.4 Å². The van der Waals surface area contributed by atoms with Crippen LogP contribution >= 0.6 is 24.0 Å². The molecule has 8 heteroatoms. The molecule has 0 saturated carbocycles. The molecule has 1 aliphatic rings. The molecule has 29 heavy (non-hydrogen) atoms. The topological polar surface area (TPSA) is 68.8 Å². The summed E-state index contributed by atoms with van der Waals surface area (Å²) in [6.07, 6.45) is 1.00. The fraction of sp³-hybridized carbons (Fsp3) is 0.333. The van der Waals surface area contributed by atoms with Gasteiger partial charge in [-0.15, -0.1) is 24.0 Å². The minimum Gasteiger partial charge on any atom is -0.369 e. The number of anilines is 2. The van der Waals surface area contributed by atoms with Crippen molar-refractivity contribution in [1.29, 1.82) is 0 Å². The van der Waals surface area contributed by atoms with E-state index in [2.05, 4.69) is 38.0 Å². The molecule has 0 aromatic heterocycles. The molecule has 2 aromatic carbocycles. The minimum absolute atomic E-state index is 0. The lowest BCUT2D eigenvalue weighted by molar-refractivity contribution is -0.114. The Labute approximate surface area is 188 Å². The van der Waals surface area contributed by atoms with Gasteiger partial charge < -0.3 is 20.9 Å². The highest BCUT2D eigenvalue weighted by atomic mass is 127. The highest BCUT2D eigenvalue weighted by Crippen LogP contribution is 2.19. The molecule has 1 atom stereocenters. The van der Waals surface area contributed by atoms with Crippen LogP contribution in [0, 0.1) is 5.82 Å². The maximum absolute atomic E-state index is 12.9. The average Bonchev–Trinajstić information content (AvgIpc) is 3.17. The van der Waals surface area contributed by atoms with Gasteiger partial charge in [0.05, 0.1) is 0 Å². The highest BCUT2D eigenvalue weighted by Gasteiger charge is 2.23. The molecule has 0 radical (unpaired) electrons. The molecule has 3 N–H and O–H groups in total. The molecule has 1 heterocycles. The first-order valence-corrected chi connectivity index (χ1v) is 9.54. The van der Waals surface area contributed by atoms with Gasteiger partial charge in [-0.3, -0.25) is 4.79 Å². The van der Waals surface area contributed by atoms with Gasteiger partial charge in [-0.25, -0.2) is 9.38 Å². The largest absolute Gasteiger partial charge is 0.369 e. The predicted octanol–water partition coefficient (Wildman–Crippen LogP) is 3.22. The Balaban J connectivity index is 0.00000300. The fourth-order valence-electron chi connectivity index (χ4n) is 3.15. The van der Waals surface area contributed by atoms with Crippen molar-refractivity contribution in [2.75, 3.05) is 36.4 Å². The molecule has 1 unspecified atom stereocenters. The molecule has 0 spiro atoms. The van der Waals surface area contributed by atoms with Crippen LogP contribution in [0.5, 0.6) is 0 Å². The number of halogens is 2. The van der Waals surface area contributed by atoms with Crippen LogP contribution in [0.25, 0.3) is 0 Å². The van der Waals surface area contributed by atoms with Gasteiger partial charge in [0.25, 0.3) is 0 Å². The molecular weight excluding hydrogens is 484 g/mol. The molecule has 2 aromatic rings. The number of nitrogens with one attached hydrogen (secondary N) is 3. The van der Waals surface area contributed by atoms with E-state index < -0.39 is 0 Å². The van der Waals surface area contributed by atoms with Gasteiger partial charge in [-0.1, -0.05) is 18.2 Å². The Hall–Kier alpha value is -2.36. The maximum Gasteiger partial charge on any atom is 0.246 e. The van der Waals surface area contributed by atoms with Crippen LogP contribution < -0.4 is 20.9 Å². The Morgan fingerprint density at radius 3 is 2.59 bits per heavy atom. The number of benzene rings is 2. The summed E-state index contributed by atoms with van der Waals surface area (Å²) in [6, 6.07) is 16.3. The lowest BCUT2D eigenvalue weighted by atomic mass is 10.3. The minimum atomic E-state index is -0.337. The number of rotatable bonds is 6. The number of aliphatic imine (C=N–C) groups is 1. The van der Waals surface area contributed by atoms with E-state index in [9.17, 15) is 9.18 Å². The second-order valence-electron chi connectivity index (χ2n) is 6.66. The Bertz CT molecular complexity index is 800. The number of guanidine groups is 1. The summed E-state index contributed by atoms with van der Waals surface area (Å²) in [4.78, 5) is 18.8. The van der Waals surface area contributed by atoms with Crippen molar-refractivity contribution in [3.63, 3.8) is 0 Å². The maximum atomic E-state index is 12.9. The van der Waals surface area contributed by atoms with Crippen molar-refractivity contribution >= 4 is 47.2 Å². The van der Waals surface area contributed by atoms with Crippen molar-refractivity contribution in [2.45, 2.75) is 19.4 Å². The molecule has 0 aliphatic carbocycles. The first-order valence-electron chi connectivity index (χ1n) is 9.54. The number of hydrogen-bond acceptors (Lipinski definition) is 3. The zero-order valence-corrected chi connectivity index (χ0v) is 18.7. The Morgan fingerprint density at radius 1 is 1.17 bits per heavy atom. The van der Waals surface area contributed by atoms with E-state index in [-0.39, 0.29) is 48.3 Å². The van der Waals surface area contributed by atoms with Crippen LogP contribution in [-0.2, 0) is 4.79 Å². The van der Waals surface area contributed by atoms with Crippen molar-refractivity contribution in [2.24, 2.45) is 4.99 Å². The molecule has 3 rings (SSSR count). The van der Waals surface area contributed by atoms with Gasteiger partial charge in [-0.2, -0.15) is 0 Å². The van der Waals surface area contributed by atoms with Gasteiger partial charge in [0.1, 0.15) is 12.4 Å². The monoisotopic (exact) mass is 511 g/mol. The van der Waals surface area contributed by atoms with Gasteiger partial charge in [0.15, 0.2) is 5.96 Å². The first-order chi connectivity index (χ1) is 13.6. The van der Waals surface area contributed by atoms with Crippen LogP contribution in [0.1, 0.15) is 13.3 Å². The number of carbonyl (C=O) groups excluding carboxylic acids is 1. The number of nitrogens with zero attached hydrogens (tertiary/aromatic N) is 2. The zero-order chi connectivity index (χ0) is 19.8. The predicted molar refractivity (Wildman–Crippen MR) is 127 cm³/mol. The van der Waals surface area contributed by atoms with Crippen LogP contribution in [0.3, 0.4) is 0 Å². The summed E-state index contributed by atoms with van der Waals surface area (Å²) in [5.41, 5.74) is 1.77. The van der Waals surface area contributed by atoms with E-state index >= 15 is 0 Å². The second kappa shape index (κ2) is 11.6. The number of hydrogen-bond donors (Lipinski definition) is 3. The van der Waals surface area contributed by atoms with Gasteiger partial charge >= 0.3 is 0 Å². The molecule has 1 aliphatic heterocycles. The van der Waals surface area contributed by atoms with Crippen LogP contribution in [-0.4, -0.2) is 44.1 Å². The van der Waals surface area contributed by atoms with Crippen LogP contribution in [0.15, 0.2) is 59.6 Å². The third kappa shape index (κ3) is 7.19. The zero-order valence-electron chi connectivity index (χ0n) is 16.4. The summed E-state index contributed by atoms with van der Waals surface area (Å²) in [7, 11) is 0. The average molecular weight is 511 g/mol. The summed E-state index contributed by atoms with van der Waals surface area (Å²) < 4.78 is 12.9. The van der Waals surface area contributed by atoms with Gasteiger partial charge in [0.2, 0.25) is 5.91 Å². The molecule has 1 amide bonds. The Morgan fingerprint density at radius 2 is 1.90 bits per heavy atom. The van der Waals surface area contributed by atoms with Crippen LogP contribution in [0.2, 0.25) is 0 Å². The normalized spacial score (nSPS) is 16.1. The SMILES string of the molecule is CCNC(=NCC(=O)Nc1ccc(F)cc1)NC1CCN(c2ccccc2)C1.I. The van der Waals surface area contributed by atoms with E-state index in [0.717, 1.165) is 19.5 Å². The molecule has 1 fully saturated rings. The molecule has 6 nitrogen and oxygen atoms in total. The lowest BCUT2D eigenvalue weighted by Gasteiger charge is -2.20.